The van der Waals surface area contributed by atoms with E-state index in [0.29, 0.717) is 13.2 Å². The minimum atomic E-state index is 0.608. The van der Waals surface area contributed by atoms with E-state index in [1.807, 2.05) is 0 Å². The molecule has 1 heterocycles. The highest BCUT2D eigenvalue weighted by Gasteiger charge is 2.00. The van der Waals surface area contributed by atoms with Gasteiger partial charge >= 0.3 is 0 Å². The highest BCUT2D eigenvalue weighted by Crippen LogP contribution is 2.19. The first-order valence-electron chi connectivity index (χ1n) is 6.81. The monoisotopic (exact) mass is 275 g/mol. The van der Waals surface area contributed by atoms with Gasteiger partial charge in [0.05, 0.1) is 0 Å². The van der Waals surface area contributed by atoms with Crippen LogP contribution in [-0.2, 0) is 19.6 Å². The van der Waals surface area contributed by atoms with Crippen molar-refractivity contribution in [1.29, 1.82) is 0 Å². The van der Waals surface area contributed by atoms with Gasteiger partial charge in [-0.15, -0.1) is 11.3 Å². The first kappa shape index (κ1) is 14.1. The summed E-state index contributed by atoms with van der Waals surface area (Å²) >= 11 is 1.72. The minimum absolute atomic E-state index is 0.608. The molecule has 0 radical (unpaired) electrons. The molecule has 1 aromatic carbocycles. The molecule has 0 saturated heterocycles. The van der Waals surface area contributed by atoms with Crippen LogP contribution in [-0.4, -0.2) is 0 Å². The number of benzene rings is 1. The van der Waals surface area contributed by atoms with Gasteiger partial charge in [-0.1, -0.05) is 25.5 Å². The first-order valence-corrected chi connectivity index (χ1v) is 7.63. The highest BCUT2D eigenvalue weighted by atomic mass is 32.1. The topological polar surface area (TPSA) is 35.2 Å². The summed E-state index contributed by atoms with van der Waals surface area (Å²) in [5, 5.41) is 0. The maximum absolute atomic E-state index is 5.78. The normalized spacial score (nSPS) is 10.6. The van der Waals surface area contributed by atoms with Gasteiger partial charge in [-0.05, 0) is 42.7 Å². The Bertz CT molecular complexity index is 490. The molecule has 0 atom stereocenters. The van der Waals surface area contributed by atoms with Crippen LogP contribution in [0.3, 0.4) is 0 Å². The highest BCUT2D eigenvalue weighted by molar-refractivity contribution is 7.11. The zero-order valence-corrected chi connectivity index (χ0v) is 12.2. The number of unbranched alkanes of at least 4 members (excludes halogenated alkanes) is 1. The van der Waals surface area contributed by atoms with E-state index >= 15 is 0 Å². The lowest BCUT2D eigenvalue weighted by Gasteiger charge is -2.06. The predicted molar refractivity (Wildman–Crippen MR) is 81.6 cm³/mol. The van der Waals surface area contributed by atoms with Crippen molar-refractivity contribution in [3.05, 3.63) is 51.7 Å². The molecular formula is C16H21NOS. The van der Waals surface area contributed by atoms with Crippen LogP contribution in [0.25, 0.3) is 0 Å². The summed E-state index contributed by atoms with van der Waals surface area (Å²) in [6.07, 6.45) is 3.64. The Hall–Kier alpha value is -1.32. The van der Waals surface area contributed by atoms with Crippen LogP contribution in [0.4, 0.5) is 0 Å². The van der Waals surface area contributed by atoms with E-state index in [1.165, 1.54) is 28.2 Å². The summed E-state index contributed by atoms with van der Waals surface area (Å²) in [6.45, 7) is 3.45. The Kier molecular flexibility index (Phi) is 5.43. The fraction of sp³-hybridized carbons (Fsp3) is 0.375. The standard InChI is InChI=1S/C16H21NOS/c1-2-3-4-13-5-7-14(8-6-13)18-12-16-10-9-15(11-17)19-16/h5-10H,2-4,11-12,17H2,1H3. The van der Waals surface area contributed by atoms with Crippen molar-refractivity contribution in [3.63, 3.8) is 0 Å². The molecule has 19 heavy (non-hydrogen) atoms. The maximum Gasteiger partial charge on any atom is 0.122 e. The lowest BCUT2D eigenvalue weighted by Crippen LogP contribution is -1.93. The molecule has 0 aliphatic heterocycles. The van der Waals surface area contributed by atoms with Crippen LogP contribution in [0.2, 0.25) is 0 Å². The third-order valence-electron chi connectivity index (χ3n) is 3.04. The summed E-state index contributed by atoms with van der Waals surface area (Å²) in [5.41, 5.74) is 6.98. The number of nitrogens with two attached hydrogens (primary N) is 1. The van der Waals surface area contributed by atoms with Gasteiger partial charge in [-0.2, -0.15) is 0 Å². The van der Waals surface area contributed by atoms with E-state index in [2.05, 4.69) is 43.3 Å². The minimum Gasteiger partial charge on any atom is -0.488 e. The third-order valence-corrected chi connectivity index (χ3v) is 4.12. The second kappa shape index (κ2) is 7.31. The quantitative estimate of drug-likeness (QED) is 0.824. The molecule has 1 aromatic heterocycles. The summed E-state index contributed by atoms with van der Waals surface area (Å²) in [4.78, 5) is 2.42. The SMILES string of the molecule is CCCCc1ccc(OCc2ccc(CN)s2)cc1. The Morgan fingerprint density at radius 3 is 2.42 bits per heavy atom. The Labute approximate surface area is 119 Å². The molecule has 102 valence electrons. The molecule has 2 rings (SSSR count). The molecule has 0 fully saturated rings. The molecule has 2 nitrogen and oxygen atoms in total. The number of ether oxygens (including phenoxy) is 1. The van der Waals surface area contributed by atoms with E-state index in [0.717, 1.165) is 12.2 Å². The van der Waals surface area contributed by atoms with E-state index in [1.54, 1.807) is 11.3 Å². The van der Waals surface area contributed by atoms with Crippen molar-refractivity contribution in [3.8, 4) is 5.75 Å². The van der Waals surface area contributed by atoms with Gasteiger partial charge in [0.1, 0.15) is 12.4 Å². The van der Waals surface area contributed by atoms with Gasteiger partial charge in [0.2, 0.25) is 0 Å². The van der Waals surface area contributed by atoms with Crippen LogP contribution in [0, 0.1) is 0 Å². The molecule has 0 bridgehead atoms. The van der Waals surface area contributed by atoms with Crippen molar-refractivity contribution in [2.75, 3.05) is 0 Å². The molecule has 0 saturated carbocycles. The fourth-order valence-electron chi connectivity index (χ4n) is 1.90. The van der Waals surface area contributed by atoms with Crippen LogP contribution in [0.1, 0.15) is 35.1 Å². The molecule has 0 unspecified atom stereocenters. The lowest BCUT2D eigenvalue weighted by atomic mass is 10.1. The largest absolute Gasteiger partial charge is 0.488 e. The van der Waals surface area contributed by atoms with Crippen LogP contribution < -0.4 is 10.5 Å². The zero-order chi connectivity index (χ0) is 13.5. The molecule has 2 N–H and O–H groups in total. The predicted octanol–water partition coefficient (Wildman–Crippen LogP) is 4.13. The number of thiophene rings is 1. The summed E-state index contributed by atoms with van der Waals surface area (Å²) in [7, 11) is 0. The Morgan fingerprint density at radius 2 is 1.79 bits per heavy atom. The molecule has 0 aliphatic carbocycles. The second-order valence-corrected chi connectivity index (χ2v) is 5.86. The van der Waals surface area contributed by atoms with Gasteiger partial charge in [-0.25, -0.2) is 0 Å². The number of rotatable bonds is 7. The van der Waals surface area contributed by atoms with Gasteiger partial charge < -0.3 is 10.5 Å². The first-order chi connectivity index (χ1) is 9.31. The number of hydrogen-bond acceptors (Lipinski definition) is 3. The Balaban J connectivity index is 1.85. The molecule has 0 spiro atoms. The van der Waals surface area contributed by atoms with Gasteiger partial charge in [0.15, 0.2) is 0 Å². The average molecular weight is 275 g/mol. The molecule has 0 aliphatic rings. The van der Waals surface area contributed by atoms with Crippen molar-refractivity contribution < 1.29 is 4.74 Å². The van der Waals surface area contributed by atoms with Crippen molar-refractivity contribution in [1.82, 2.24) is 0 Å². The molecule has 3 heteroatoms. The van der Waals surface area contributed by atoms with E-state index in [9.17, 15) is 0 Å². The average Bonchev–Trinajstić information content (AvgIpc) is 2.92. The summed E-state index contributed by atoms with van der Waals surface area (Å²) in [5.74, 6) is 0.933. The van der Waals surface area contributed by atoms with Crippen LogP contribution >= 0.6 is 11.3 Å². The van der Waals surface area contributed by atoms with Gasteiger partial charge in [0.25, 0.3) is 0 Å². The Morgan fingerprint density at radius 1 is 1.05 bits per heavy atom. The van der Waals surface area contributed by atoms with E-state index in [4.69, 9.17) is 10.5 Å². The van der Waals surface area contributed by atoms with Gasteiger partial charge in [-0.3, -0.25) is 0 Å². The molecule has 0 amide bonds. The lowest BCUT2D eigenvalue weighted by molar-refractivity contribution is 0.309. The molecular weight excluding hydrogens is 254 g/mol. The fourth-order valence-corrected chi connectivity index (χ4v) is 2.71. The zero-order valence-electron chi connectivity index (χ0n) is 11.4. The van der Waals surface area contributed by atoms with E-state index < -0.39 is 0 Å². The van der Waals surface area contributed by atoms with Crippen molar-refractivity contribution in [2.24, 2.45) is 5.73 Å². The van der Waals surface area contributed by atoms with Gasteiger partial charge in [0, 0.05) is 16.3 Å². The maximum atomic E-state index is 5.78. The summed E-state index contributed by atoms with van der Waals surface area (Å²) < 4.78 is 5.78. The second-order valence-electron chi connectivity index (χ2n) is 4.61. The molecule has 2 aromatic rings. The summed E-state index contributed by atoms with van der Waals surface area (Å²) in [6, 6.07) is 12.6. The van der Waals surface area contributed by atoms with Crippen molar-refractivity contribution in [2.45, 2.75) is 39.3 Å². The smallest absolute Gasteiger partial charge is 0.122 e. The number of hydrogen-bond donors (Lipinski definition) is 1. The van der Waals surface area contributed by atoms with E-state index in [-0.39, 0.29) is 0 Å². The number of aryl methyl sites for hydroxylation is 1. The van der Waals surface area contributed by atoms with Crippen LogP contribution in [0.5, 0.6) is 5.75 Å². The third kappa shape index (κ3) is 4.37. The van der Waals surface area contributed by atoms with Crippen molar-refractivity contribution >= 4 is 11.3 Å². The van der Waals surface area contributed by atoms with Crippen LogP contribution in [0.15, 0.2) is 36.4 Å².